The largest absolute Gasteiger partial charge is 0.477 e. The predicted octanol–water partition coefficient (Wildman–Crippen LogP) is 3.33. The van der Waals surface area contributed by atoms with E-state index in [1.807, 2.05) is 48.7 Å². The maximum Gasteiger partial charge on any atom is 0.354 e. The van der Waals surface area contributed by atoms with Gasteiger partial charge in [-0.3, -0.25) is 0 Å². The lowest BCUT2D eigenvalue weighted by Crippen LogP contribution is -2.18. The lowest BCUT2D eigenvalue weighted by Gasteiger charge is -2.21. The molecule has 0 aliphatic carbocycles. The lowest BCUT2D eigenvalue weighted by atomic mass is 10.0. The zero-order valence-corrected chi connectivity index (χ0v) is 13.2. The van der Waals surface area contributed by atoms with Gasteiger partial charge in [0.15, 0.2) is 0 Å². The van der Waals surface area contributed by atoms with Crippen molar-refractivity contribution in [2.75, 3.05) is 13.7 Å². The molecule has 0 aliphatic rings. The highest BCUT2D eigenvalue weighted by atomic mass is 16.5. The molecule has 1 heterocycles. The van der Waals surface area contributed by atoms with Crippen LogP contribution in [0.1, 0.15) is 54.1 Å². The van der Waals surface area contributed by atoms with Crippen LogP contribution in [0.15, 0.2) is 36.5 Å². The molecule has 0 saturated heterocycles. The van der Waals surface area contributed by atoms with Gasteiger partial charge in [-0.2, -0.15) is 0 Å². The van der Waals surface area contributed by atoms with Crippen LogP contribution in [0.2, 0.25) is 0 Å². The van der Waals surface area contributed by atoms with Crippen molar-refractivity contribution in [2.24, 2.45) is 0 Å². The molecule has 0 spiro atoms. The smallest absolute Gasteiger partial charge is 0.354 e. The van der Waals surface area contributed by atoms with Crippen molar-refractivity contribution in [1.82, 2.24) is 9.55 Å². The molecule has 1 N–H and O–H groups in total. The van der Waals surface area contributed by atoms with Crippen molar-refractivity contribution in [3.8, 4) is 0 Å². The molecule has 2 atom stereocenters. The van der Waals surface area contributed by atoms with Gasteiger partial charge < -0.3 is 14.4 Å². The second-order valence-corrected chi connectivity index (χ2v) is 5.45. The van der Waals surface area contributed by atoms with E-state index in [1.54, 1.807) is 7.11 Å². The van der Waals surface area contributed by atoms with Gasteiger partial charge in [0, 0.05) is 19.6 Å². The molecule has 0 amide bonds. The third-order valence-corrected chi connectivity index (χ3v) is 3.91. The summed E-state index contributed by atoms with van der Waals surface area (Å²) in [6, 6.07) is 9.77. The summed E-state index contributed by atoms with van der Waals surface area (Å²) in [4.78, 5) is 15.9. The third kappa shape index (κ3) is 3.36. The van der Waals surface area contributed by atoms with Crippen LogP contribution in [-0.4, -0.2) is 34.3 Å². The van der Waals surface area contributed by atoms with E-state index in [9.17, 15) is 9.90 Å². The Morgan fingerprint density at radius 3 is 2.59 bits per heavy atom. The summed E-state index contributed by atoms with van der Waals surface area (Å²) in [7, 11) is 1.66. The zero-order valence-electron chi connectivity index (χ0n) is 13.2. The molecular formula is C17H22N2O3. The summed E-state index contributed by atoms with van der Waals surface area (Å²) in [6.45, 7) is 4.66. The van der Waals surface area contributed by atoms with Crippen molar-refractivity contribution in [2.45, 2.75) is 32.2 Å². The number of methoxy groups -OCH3 is 1. The van der Waals surface area contributed by atoms with E-state index in [2.05, 4.69) is 4.98 Å². The quantitative estimate of drug-likeness (QED) is 0.852. The minimum absolute atomic E-state index is 0.0882. The fourth-order valence-corrected chi connectivity index (χ4v) is 2.61. The SMILES string of the molecule is COCCC(C)c1ncc(C(=O)O)n1[C@H](C)c1ccccc1. The Balaban J connectivity index is 2.42. The Kier molecular flexibility index (Phi) is 5.33. The summed E-state index contributed by atoms with van der Waals surface area (Å²) in [5, 5.41) is 9.45. The van der Waals surface area contributed by atoms with Gasteiger partial charge in [-0.1, -0.05) is 37.3 Å². The standard InChI is InChI=1S/C17H22N2O3/c1-12(9-10-22-3)16-18-11-15(17(20)21)19(16)13(2)14-7-5-4-6-8-14/h4-8,11-13H,9-10H2,1-3H3,(H,20,21)/t12?,13-/m1/s1. The maximum absolute atomic E-state index is 11.5. The summed E-state index contributed by atoms with van der Waals surface area (Å²) in [6.07, 6.45) is 2.24. The maximum atomic E-state index is 11.5. The van der Waals surface area contributed by atoms with Crippen LogP contribution in [0.4, 0.5) is 0 Å². The number of rotatable bonds is 7. The van der Waals surface area contributed by atoms with E-state index in [0.717, 1.165) is 17.8 Å². The summed E-state index contributed by atoms with van der Waals surface area (Å²) in [5.41, 5.74) is 1.28. The molecule has 1 aromatic carbocycles. The van der Waals surface area contributed by atoms with E-state index >= 15 is 0 Å². The number of aromatic nitrogens is 2. The fraction of sp³-hybridized carbons (Fsp3) is 0.412. The number of nitrogens with zero attached hydrogens (tertiary/aromatic N) is 2. The van der Waals surface area contributed by atoms with Crippen LogP contribution < -0.4 is 0 Å². The molecule has 2 rings (SSSR count). The van der Waals surface area contributed by atoms with Gasteiger partial charge >= 0.3 is 5.97 Å². The first-order valence-electron chi connectivity index (χ1n) is 7.40. The van der Waals surface area contributed by atoms with Crippen molar-refractivity contribution in [1.29, 1.82) is 0 Å². The van der Waals surface area contributed by atoms with Crippen LogP contribution in [0.25, 0.3) is 0 Å². The number of aromatic carboxylic acids is 1. The number of ether oxygens (including phenoxy) is 1. The highest BCUT2D eigenvalue weighted by Crippen LogP contribution is 2.27. The molecule has 22 heavy (non-hydrogen) atoms. The average molecular weight is 302 g/mol. The van der Waals surface area contributed by atoms with Crippen LogP contribution in [-0.2, 0) is 4.74 Å². The van der Waals surface area contributed by atoms with Crippen molar-refractivity contribution < 1.29 is 14.6 Å². The highest BCUT2D eigenvalue weighted by Gasteiger charge is 2.23. The van der Waals surface area contributed by atoms with Gasteiger partial charge in [-0.15, -0.1) is 0 Å². The first kappa shape index (κ1) is 16.2. The van der Waals surface area contributed by atoms with Crippen molar-refractivity contribution >= 4 is 5.97 Å². The second-order valence-electron chi connectivity index (χ2n) is 5.45. The molecular weight excluding hydrogens is 280 g/mol. The summed E-state index contributed by atoms with van der Waals surface area (Å²) >= 11 is 0. The van der Waals surface area contributed by atoms with Gasteiger partial charge in [0.2, 0.25) is 0 Å². The Morgan fingerprint density at radius 1 is 1.32 bits per heavy atom. The molecule has 1 aromatic heterocycles. The molecule has 0 saturated carbocycles. The number of benzene rings is 1. The minimum Gasteiger partial charge on any atom is -0.477 e. The number of carboxylic acid groups (broad SMARTS) is 1. The first-order valence-corrected chi connectivity index (χ1v) is 7.40. The molecule has 2 aromatic rings. The Bertz CT molecular complexity index is 622. The number of carboxylic acids is 1. The van der Waals surface area contributed by atoms with Gasteiger partial charge in [0.1, 0.15) is 11.5 Å². The van der Waals surface area contributed by atoms with Crippen LogP contribution in [0.3, 0.4) is 0 Å². The number of hydrogen-bond acceptors (Lipinski definition) is 3. The van der Waals surface area contributed by atoms with E-state index in [0.29, 0.717) is 6.61 Å². The molecule has 0 fully saturated rings. The number of carbonyl (C=O) groups is 1. The van der Waals surface area contributed by atoms with Crippen molar-refractivity contribution in [3.05, 3.63) is 53.6 Å². The van der Waals surface area contributed by atoms with Gasteiger partial charge in [-0.25, -0.2) is 9.78 Å². The van der Waals surface area contributed by atoms with Crippen LogP contribution >= 0.6 is 0 Å². The molecule has 0 bridgehead atoms. The monoisotopic (exact) mass is 302 g/mol. The number of imidazole rings is 1. The van der Waals surface area contributed by atoms with Crippen molar-refractivity contribution in [3.63, 3.8) is 0 Å². The average Bonchev–Trinajstić information content (AvgIpc) is 2.98. The van der Waals surface area contributed by atoms with Gasteiger partial charge in [0.05, 0.1) is 12.2 Å². The molecule has 0 aliphatic heterocycles. The molecule has 118 valence electrons. The van der Waals surface area contributed by atoms with E-state index in [1.165, 1.54) is 6.20 Å². The Hall–Kier alpha value is -2.14. The van der Waals surface area contributed by atoms with E-state index in [4.69, 9.17) is 4.74 Å². The van der Waals surface area contributed by atoms with Gasteiger partial charge in [-0.05, 0) is 18.9 Å². The minimum atomic E-state index is -0.958. The van der Waals surface area contributed by atoms with E-state index < -0.39 is 5.97 Å². The molecule has 0 radical (unpaired) electrons. The topological polar surface area (TPSA) is 64.3 Å². The predicted molar refractivity (Wildman–Crippen MR) is 84.3 cm³/mol. The molecule has 5 nitrogen and oxygen atoms in total. The molecule has 1 unspecified atom stereocenters. The fourth-order valence-electron chi connectivity index (χ4n) is 2.61. The third-order valence-electron chi connectivity index (χ3n) is 3.91. The van der Waals surface area contributed by atoms with Crippen LogP contribution in [0.5, 0.6) is 0 Å². The molecule has 5 heteroatoms. The normalized spacial score (nSPS) is 13.8. The van der Waals surface area contributed by atoms with Crippen LogP contribution in [0, 0.1) is 0 Å². The zero-order chi connectivity index (χ0) is 16.1. The first-order chi connectivity index (χ1) is 10.6. The van der Waals surface area contributed by atoms with Gasteiger partial charge in [0.25, 0.3) is 0 Å². The number of hydrogen-bond donors (Lipinski definition) is 1. The van der Waals surface area contributed by atoms with E-state index in [-0.39, 0.29) is 17.7 Å². The Morgan fingerprint density at radius 2 is 2.00 bits per heavy atom. The highest BCUT2D eigenvalue weighted by molar-refractivity contribution is 5.85. The summed E-state index contributed by atoms with van der Waals surface area (Å²) < 4.78 is 6.94. The Labute approximate surface area is 130 Å². The lowest BCUT2D eigenvalue weighted by molar-refractivity contribution is 0.0683. The summed E-state index contributed by atoms with van der Waals surface area (Å²) in [5.74, 6) is -0.0505. The second kappa shape index (κ2) is 7.22.